The van der Waals surface area contributed by atoms with E-state index in [1.807, 2.05) is 24.3 Å². The van der Waals surface area contributed by atoms with Crippen LogP contribution in [0.4, 0.5) is 0 Å². The van der Waals surface area contributed by atoms with Gasteiger partial charge in [-0.2, -0.15) is 5.10 Å². The maximum Gasteiger partial charge on any atom is 0.275 e. The average Bonchev–Trinajstić information content (AvgIpc) is 2.58. The van der Waals surface area contributed by atoms with Gasteiger partial charge in [-0.05, 0) is 18.9 Å². The highest BCUT2D eigenvalue weighted by atomic mass is 16.5. The van der Waals surface area contributed by atoms with E-state index in [1.54, 1.807) is 10.9 Å². The zero-order valence-corrected chi connectivity index (χ0v) is 12.6. The van der Waals surface area contributed by atoms with Crippen molar-refractivity contribution in [2.75, 3.05) is 13.2 Å². The fourth-order valence-electron chi connectivity index (χ4n) is 3.75. The molecular formula is C17H21N3O2. The first kappa shape index (κ1) is 13.9. The maximum atomic E-state index is 12.6. The van der Waals surface area contributed by atoms with Crippen molar-refractivity contribution in [1.82, 2.24) is 14.7 Å². The minimum Gasteiger partial charge on any atom is -0.375 e. The Labute approximate surface area is 129 Å². The topological polar surface area (TPSA) is 47.4 Å². The first-order valence-electron chi connectivity index (χ1n) is 8.13. The van der Waals surface area contributed by atoms with Crippen LogP contribution >= 0.6 is 0 Å². The molecule has 1 aromatic heterocycles. The Morgan fingerprint density at radius 2 is 2.09 bits per heavy atom. The zero-order valence-electron chi connectivity index (χ0n) is 12.6. The molecule has 1 saturated carbocycles. The van der Waals surface area contributed by atoms with Crippen LogP contribution in [0, 0.1) is 0 Å². The Balaban J connectivity index is 1.62. The summed E-state index contributed by atoms with van der Waals surface area (Å²) in [5.74, 6) is 0. The molecule has 2 heterocycles. The molecule has 1 aliphatic carbocycles. The number of rotatable bonds is 2. The highest BCUT2D eigenvalue weighted by molar-refractivity contribution is 5.80. The predicted molar refractivity (Wildman–Crippen MR) is 84.7 cm³/mol. The van der Waals surface area contributed by atoms with Crippen molar-refractivity contribution in [2.45, 2.75) is 44.5 Å². The van der Waals surface area contributed by atoms with Gasteiger partial charge in [0.2, 0.25) is 0 Å². The molecule has 116 valence electrons. The third kappa shape index (κ3) is 2.44. The van der Waals surface area contributed by atoms with Crippen molar-refractivity contribution in [3.8, 4) is 0 Å². The zero-order chi connectivity index (χ0) is 14.9. The number of aromatic nitrogens is 2. The van der Waals surface area contributed by atoms with E-state index in [4.69, 9.17) is 4.74 Å². The van der Waals surface area contributed by atoms with Gasteiger partial charge < -0.3 is 4.74 Å². The molecule has 0 bridgehead atoms. The van der Waals surface area contributed by atoms with E-state index in [9.17, 15) is 4.79 Å². The Kier molecular flexibility index (Phi) is 3.68. The van der Waals surface area contributed by atoms with Gasteiger partial charge in [0.05, 0.1) is 31.0 Å². The first-order chi connectivity index (χ1) is 10.8. The summed E-state index contributed by atoms with van der Waals surface area (Å²) in [6.07, 6.45) is 6.92. The Morgan fingerprint density at radius 1 is 1.23 bits per heavy atom. The second-order valence-corrected chi connectivity index (χ2v) is 6.25. The summed E-state index contributed by atoms with van der Waals surface area (Å²) in [5, 5.41) is 6.01. The molecule has 22 heavy (non-hydrogen) atoms. The summed E-state index contributed by atoms with van der Waals surface area (Å²) >= 11 is 0. The fourth-order valence-corrected chi connectivity index (χ4v) is 3.75. The van der Waals surface area contributed by atoms with Crippen molar-refractivity contribution in [3.63, 3.8) is 0 Å². The summed E-state index contributed by atoms with van der Waals surface area (Å²) in [6.45, 7) is 2.19. The summed E-state index contributed by atoms with van der Waals surface area (Å²) < 4.78 is 7.50. The van der Waals surface area contributed by atoms with E-state index in [-0.39, 0.29) is 5.56 Å². The monoisotopic (exact) mass is 299 g/mol. The minimum absolute atomic E-state index is 0.00282. The largest absolute Gasteiger partial charge is 0.375 e. The number of ether oxygens (including phenoxy) is 1. The van der Waals surface area contributed by atoms with E-state index < -0.39 is 0 Å². The average molecular weight is 299 g/mol. The van der Waals surface area contributed by atoms with Gasteiger partial charge in [0.25, 0.3) is 5.56 Å². The molecule has 1 saturated heterocycles. The van der Waals surface area contributed by atoms with E-state index >= 15 is 0 Å². The fraction of sp³-hybridized carbons (Fsp3) is 0.529. The SMILES string of the molecule is O=c1c2ccccc2cnn1CN1CCOC2CCCCC21. The van der Waals surface area contributed by atoms with Crippen LogP contribution in [0.1, 0.15) is 25.7 Å². The molecule has 2 aliphatic rings. The second kappa shape index (κ2) is 5.82. The van der Waals surface area contributed by atoms with Crippen LogP contribution in [-0.2, 0) is 11.4 Å². The molecule has 5 nitrogen and oxygen atoms in total. The van der Waals surface area contributed by atoms with Gasteiger partial charge in [0, 0.05) is 18.0 Å². The number of morpholine rings is 1. The molecule has 0 radical (unpaired) electrons. The molecule has 4 rings (SSSR count). The van der Waals surface area contributed by atoms with Crippen LogP contribution in [0.5, 0.6) is 0 Å². The van der Waals surface area contributed by atoms with E-state index in [0.717, 1.165) is 36.8 Å². The Morgan fingerprint density at radius 3 is 3.05 bits per heavy atom. The van der Waals surface area contributed by atoms with Crippen LogP contribution in [0.3, 0.4) is 0 Å². The molecule has 2 atom stereocenters. The van der Waals surface area contributed by atoms with Crippen molar-refractivity contribution in [3.05, 3.63) is 40.8 Å². The van der Waals surface area contributed by atoms with Gasteiger partial charge in [0.15, 0.2) is 0 Å². The quantitative estimate of drug-likeness (QED) is 0.851. The number of nitrogens with zero attached hydrogens (tertiary/aromatic N) is 3. The lowest BCUT2D eigenvalue weighted by molar-refractivity contribution is -0.0996. The van der Waals surface area contributed by atoms with Gasteiger partial charge >= 0.3 is 0 Å². The number of fused-ring (bicyclic) bond motifs is 2. The number of benzene rings is 1. The first-order valence-corrected chi connectivity index (χ1v) is 8.13. The Bertz CT molecular complexity index is 725. The third-order valence-corrected chi connectivity index (χ3v) is 4.92. The molecule has 5 heteroatoms. The van der Waals surface area contributed by atoms with Crippen LogP contribution in [0.25, 0.3) is 10.8 Å². The molecule has 0 spiro atoms. The highest BCUT2D eigenvalue weighted by Gasteiger charge is 2.34. The van der Waals surface area contributed by atoms with Crippen LogP contribution in [0.2, 0.25) is 0 Å². The van der Waals surface area contributed by atoms with Crippen molar-refractivity contribution >= 4 is 10.8 Å². The van der Waals surface area contributed by atoms with Crippen molar-refractivity contribution < 1.29 is 4.74 Å². The van der Waals surface area contributed by atoms with Gasteiger partial charge in [-0.1, -0.05) is 31.0 Å². The summed E-state index contributed by atoms with van der Waals surface area (Å²) in [6, 6.07) is 8.07. The van der Waals surface area contributed by atoms with Gasteiger partial charge in [-0.15, -0.1) is 0 Å². The van der Waals surface area contributed by atoms with Crippen LogP contribution in [0.15, 0.2) is 35.3 Å². The summed E-state index contributed by atoms with van der Waals surface area (Å²) in [4.78, 5) is 15.0. The number of hydrogen-bond donors (Lipinski definition) is 0. The molecule has 2 unspecified atom stereocenters. The summed E-state index contributed by atoms with van der Waals surface area (Å²) in [5.41, 5.74) is -0.00282. The maximum absolute atomic E-state index is 12.6. The lowest BCUT2D eigenvalue weighted by atomic mass is 9.90. The van der Waals surface area contributed by atoms with Crippen molar-refractivity contribution in [2.24, 2.45) is 0 Å². The summed E-state index contributed by atoms with van der Waals surface area (Å²) in [7, 11) is 0. The molecule has 2 fully saturated rings. The molecule has 2 aromatic rings. The molecule has 1 aromatic carbocycles. The highest BCUT2D eigenvalue weighted by Crippen LogP contribution is 2.28. The predicted octanol–water partition coefficient (Wildman–Crippen LogP) is 2.00. The molecular weight excluding hydrogens is 278 g/mol. The van der Waals surface area contributed by atoms with E-state index in [2.05, 4.69) is 10.00 Å². The second-order valence-electron chi connectivity index (χ2n) is 6.25. The molecule has 0 N–H and O–H groups in total. The molecule has 0 amide bonds. The van der Waals surface area contributed by atoms with E-state index in [1.165, 1.54) is 12.8 Å². The lowest BCUT2D eigenvalue weighted by Gasteiger charge is -2.43. The van der Waals surface area contributed by atoms with Gasteiger partial charge in [0.1, 0.15) is 0 Å². The van der Waals surface area contributed by atoms with Gasteiger partial charge in [-0.3, -0.25) is 9.69 Å². The number of hydrogen-bond acceptors (Lipinski definition) is 4. The van der Waals surface area contributed by atoms with Gasteiger partial charge in [-0.25, -0.2) is 4.68 Å². The van der Waals surface area contributed by atoms with E-state index in [0.29, 0.717) is 18.8 Å². The van der Waals surface area contributed by atoms with Crippen LogP contribution in [-0.4, -0.2) is 40.0 Å². The molecule has 1 aliphatic heterocycles. The standard InChI is InChI=1S/C17H21N3O2/c21-17-14-6-2-1-5-13(14)11-18-20(17)12-19-9-10-22-16-8-4-3-7-15(16)19/h1-2,5-6,11,15-16H,3-4,7-10,12H2. The lowest BCUT2D eigenvalue weighted by Crippen LogP contribution is -2.53. The smallest absolute Gasteiger partial charge is 0.275 e. The normalized spacial score (nSPS) is 26.0. The minimum atomic E-state index is -0.00282. The Hall–Kier alpha value is -1.72. The van der Waals surface area contributed by atoms with Crippen LogP contribution < -0.4 is 5.56 Å². The van der Waals surface area contributed by atoms with Crippen molar-refractivity contribution in [1.29, 1.82) is 0 Å². The third-order valence-electron chi connectivity index (χ3n) is 4.92.